The van der Waals surface area contributed by atoms with Gasteiger partial charge in [0.2, 0.25) is 0 Å². The number of benzene rings is 2. The van der Waals surface area contributed by atoms with E-state index >= 15 is 0 Å². The van der Waals surface area contributed by atoms with Crippen molar-refractivity contribution in [1.29, 1.82) is 0 Å². The maximum Gasteiger partial charge on any atom is -0.00133 e. The molecule has 0 atom stereocenters. The van der Waals surface area contributed by atoms with Crippen LogP contribution in [0.1, 0.15) is 22.3 Å². The summed E-state index contributed by atoms with van der Waals surface area (Å²) in [6.07, 6.45) is 6.88. The van der Waals surface area contributed by atoms with Gasteiger partial charge in [-0.3, -0.25) is 0 Å². The maximum atomic E-state index is 3.82. The molecule has 0 aromatic heterocycles. The lowest BCUT2D eigenvalue weighted by atomic mass is 10.00. The van der Waals surface area contributed by atoms with Crippen molar-refractivity contribution in [2.45, 2.75) is 19.3 Å². The van der Waals surface area contributed by atoms with Crippen LogP contribution in [0.2, 0.25) is 0 Å². The first-order valence-corrected chi connectivity index (χ1v) is 6.77. The van der Waals surface area contributed by atoms with Crippen LogP contribution in [-0.4, -0.2) is 0 Å². The molecule has 0 nitrogen and oxygen atoms in total. The molecular formula is C19H18. The predicted molar refractivity (Wildman–Crippen MR) is 82.5 cm³/mol. The lowest BCUT2D eigenvalue weighted by molar-refractivity contribution is 1.20. The fourth-order valence-electron chi connectivity index (χ4n) is 2.88. The van der Waals surface area contributed by atoms with E-state index in [0.29, 0.717) is 0 Å². The Morgan fingerprint density at radius 2 is 1.47 bits per heavy atom. The summed E-state index contributed by atoms with van der Waals surface area (Å²) in [5.74, 6) is 0. The van der Waals surface area contributed by atoms with Gasteiger partial charge in [-0.1, -0.05) is 48.6 Å². The third-order valence-electron chi connectivity index (χ3n) is 3.78. The standard InChI is InChI=1S/C19H18/c1-3-5-14-8-10-18-17(11-14)13-16-9-7-15(6-4-2)12-19(16)18/h3-4,7-12H,1-2,5-6,13H2. The molecular weight excluding hydrogens is 228 g/mol. The highest BCUT2D eigenvalue weighted by atomic mass is 14.2. The van der Waals surface area contributed by atoms with E-state index in [0.717, 1.165) is 19.3 Å². The van der Waals surface area contributed by atoms with Gasteiger partial charge in [0.1, 0.15) is 0 Å². The first kappa shape index (κ1) is 12.0. The zero-order chi connectivity index (χ0) is 13.2. The number of allylic oxidation sites excluding steroid dienone is 2. The van der Waals surface area contributed by atoms with Crippen molar-refractivity contribution in [2.24, 2.45) is 0 Å². The van der Waals surface area contributed by atoms with E-state index in [1.807, 2.05) is 12.2 Å². The summed E-state index contributed by atoms with van der Waals surface area (Å²) >= 11 is 0. The summed E-state index contributed by atoms with van der Waals surface area (Å²) in [5, 5.41) is 0. The molecule has 2 aromatic rings. The second kappa shape index (κ2) is 4.89. The summed E-state index contributed by atoms with van der Waals surface area (Å²) < 4.78 is 0. The Bertz CT molecular complexity index is 647. The van der Waals surface area contributed by atoms with E-state index in [4.69, 9.17) is 0 Å². The quantitative estimate of drug-likeness (QED) is 0.585. The Morgan fingerprint density at radius 1 is 0.789 bits per heavy atom. The smallest absolute Gasteiger partial charge is 0.00133 e. The highest BCUT2D eigenvalue weighted by Gasteiger charge is 2.18. The van der Waals surface area contributed by atoms with Gasteiger partial charge < -0.3 is 0 Å². The van der Waals surface area contributed by atoms with Gasteiger partial charge in [0, 0.05) is 0 Å². The molecule has 0 heterocycles. The Hall–Kier alpha value is -2.08. The van der Waals surface area contributed by atoms with E-state index in [-0.39, 0.29) is 0 Å². The summed E-state index contributed by atoms with van der Waals surface area (Å²) in [7, 11) is 0. The van der Waals surface area contributed by atoms with Crippen LogP contribution in [0.3, 0.4) is 0 Å². The van der Waals surface area contributed by atoms with E-state index in [9.17, 15) is 0 Å². The van der Waals surface area contributed by atoms with Crippen molar-refractivity contribution in [3.8, 4) is 11.1 Å². The Balaban J connectivity index is 2.03. The van der Waals surface area contributed by atoms with Crippen LogP contribution in [0.4, 0.5) is 0 Å². The highest BCUT2D eigenvalue weighted by Crippen LogP contribution is 2.37. The average Bonchev–Trinajstić information content (AvgIpc) is 2.77. The number of hydrogen-bond donors (Lipinski definition) is 0. The molecule has 0 bridgehead atoms. The minimum Gasteiger partial charge on any atom is -0.103 e. The third kappa shape index (κ3) is 2.15. The summed E-state index contributed by atoms with van der Waals surface area (Å²) in [4.78, 5) is 0. The molecule has 0 heteroatoms. The molecule has 0 saturated carbocycles. The summed E-state index contributed by atoms with van der Waals surface area (Å²) in [6.45, 7) is 7.63. The van der Waals surface area contributed by atoms with Crippen LogP contribution >= 0.6 is 0 Å². The van der Waals surface area contributed by atoms with Gasteiger partial charge in [-0.05, 0) is 52.6 Å². The SMILES string of the molecule is C=CCc1ccc2c(c1)Cc1ccc(CC=C)cc1-2. The van der Waals surface area contributed by atoms with Crippen molar-refractivity contribution in [3.05, 3.63) is 84.0 Å². The molecule has 19 heavy (non-hydrogen) atoms. The minimum absolute atomic E-state index is 0.942. The second-order valence-corrected chi connectivity index (χ2v) is 5.15. The molecule has 94 valence electrons. The molecule has 0 N–H and O–H groups in total. The van der Waals surface area contributed by atoms with E-state index in [1.54, 1.807) is 0 Å². The molecule has 0 saturated heterocycles. The van der Waals surface area contributed by atoms with Crippen molar-refractivity contribution in [2.75, 3.05) is 0 Å². The molecule has 1 aliphatic rings. The monoisotopic (exact) mass is 246 g/mol. The lowest BCUT2D eigenvalue weighted by Crippen LogP contribution is -1.85. The average molecular weight is 246 g/mol. The van der Waals surface area contributed by atoms with Crippen LogP contribution in [-0.2, 0) is 19.3 Å². The summed E-state index contributed by atoms with van der Waals surface area (Å²) in [6, 6.07) is 13.6. The van der Waals surface area contributed by atoms with E-state index in [2.05, 4.69) is 49.6 Å². The van der Waals surface area contributed by atoms with Crippen LogP contribution in [0.25, 0.3) is 11.1 Å². The topological polar surface area (TPSA) is 0 Å². The highest BCUT2D eigenvalue weighted by molar-refractivity contribution is 5.77. The second-order valence-electron chi connectivity index (χ2n) is 5.15. The van der Waals surface area contributed by atoms with Gasteiger partial charge in [-0.25, -0.2) is 0 Å². The van der Waals surface area contributed by atoms with Gasteiger partial charge in [0.05, 0.1) is 0 Å². The fraction of sp³-hybridized carbons (Fsp3) is 0.158. The molecule has 1 aliphatic carbocycles. The van der Waals surface area contributed by atoms with Gasteiger partial charge in [-0.2, -0.15) is 0 Å². The third-order valence-corrected chi connectivity index (χ3v) is 3.78. The molecule has 0 aliphatic heterocycles. The van der Waals surface area contributed by atoms with Crippen LogP contribution in [0.15, 0.2) is 61.7 Å². The lowest BCUT2D eigenvalue weighted by Gasteiger charge is -2.05. The van der Waals surface area contributed by atoms with E-state index < -0.39 is 0 Å². The van der Waals surface area contributed by atoms with Crippen molar-refractivity contribution in [1.82, 2.24) is 0 Å². The predicted octanol–water partition coefficient (Wildman–Crippen LogP) is 4.71. The van der Waals surface area contributed by atoms with Crippen LogP contribution in [0.5, 0.6) is 0 Å². The molecule has 0 unspecified atom stereocenters. The first-order chi connectivity index (χ1) is 9.31. The number of rotatable bonds is 4. The Kier molecular flexibility index (Phi) is 3.08. The van der Waals surface area contributed by atoms with E-state index in [1.165, 1.54) is 33.4 Å². The van der Waals surface area contributed by atoms with Gasteiger partial charge in [0.25, 0.3) is 0 Å². The molecule has 0 fully saturated rings. The Morgan fingerprint density at radius 3 is 2.21 bits per heavy atom. The maximum absolute atomic E-state index is 3.82. The van der Waals surface area contributed by atoms with Crippen molar-refractivity contribution >= 4 is 0 Å². The molecule has 2 aromatic carbocycles. The normalized spacial score (nSPS) is 11.8. The Labute approximate surface area is 115 Å². The van der Waals surface area contributed by atoms with Gasteiger partial charge >= 0.3 is 0 Å². The molecule has 0 spiro atoms. The minimum atomic E-state index is 0.942. The number of fused-ring (bicyclic) bond motifs is 3. The number of hydrogen-bond acceptors (Lipinski definition) is 0. The van der Waals surface area contributed by atoms with Crippen LogP contribution < -0.4 is 0 Å². The first-order valence-electron chi connectivity index (χ1n) is 6.77. The molecule has 0 radical (unpaired) electrons. The largest absolute Gasteiger partial charge is 0.103 e. The zero-order valence-electron chi connectivity index (χ0n) is 11.2. The van der Waals surface area contributed by atoms with Crippen LogP contribution in [0, 0.1) is 0 Å². The van der Waals surface area contributed by atoms with Gasteiger partial charge in [-0.15, -0.1) is 13.2 Å². The van der Waals surface area contributed by atoms with Gasteiger partial charge in [0.15, 0.2) is 0 Å². The van der Waals surface area contributed by atoms with Crippen molar-refractivity contribution < 1.29 is 0 Å². The summed E-state index contributed by atoms with van der Waals surface area (Å²) in [5.41, 5.74) is 8.39. The fourth-order valence-corrected chi connectivity index (χ4v) is 2.88. The van der Waals surface area contributed by atoms with Crippen molar-refractivity contribution in [3.63, 3.8) is 0 Å². The molecule has 0 amide bonds. The molecule has 3 rings (SSSR count). The zero-order valence-corrected chi connectivity index (χ0v) is 11.2.